The van der Waals surface area contributed by atoms with Gasteiger partial charge >= 0.3 is 0 Å². The Hall–Kier alpha value is -3.41. The number of benzene rings is 1. The molecule has 3 fully saturated rings. The van der Waals surface area contributed by atoms with E-state index in [1.807, 2.05) is 13.8 Å². The minimum atomic E-state index is -0.562. The quantitative estimate of drug-likeness (QED) is 0.411. The van der Waals surface area contributed by atoms with Crippen LogP contribution in [0.5, 0.6) is 5.75 Å². The Labute approximate surface area is 226 Å². The van der Waals surface area contributed by atoms with Gasteiger partial charge in [-0.2, -0.15) is 9.67 Å². The average molecular weight is 540 g/mol. The summed E-state index contributed by atoms with van der Waals surface area (Å²) in [5.74, 6) is 0.385. The van der Waals surface area contributed by atoms with E-state index in [0.717, 1.165) is 44.8 Å². The van der Waals surface area contributed by atoms with Crippen LogP contribution in [-0.2, 0) is 0 Å². The van der Waals surface area contributed by atoms with Gasteiger partial charge in [0.15, 0.2) is 23.3 Å². The third kappa shape index (κ3) is 5.26. The number of ether oxygens (including phenoxy) is 1. The molecule has 2 unspecified atom stereocenters. The van der Waals surface area contributed by atoms with E-state index in [1.165, 1.54) is 12.5 Å². The van der Waals surface area contributed by atoms with E-state index in [2.05, 4.69) is 54.9 Å². The van der Waals surface area contributed by atoms with Gasteiger partial charge in [0.05, 0.1) is 18.0 Å². The third-order valence-corrected chi connectivity index (χ3v) is 7.86. The highest BCUT2D eigenvalue weighted by atomic mass is 19.1. The molecule has 4 heterocycles. The number of hydrogen-bond donors (Lipinski definition) is 2. The molecule has 12 heteroatoms. The van der Waals surface area contributed by atoms with Crippen molar-refractivity contribution in [3.8, 4) is 11.4 Å². The number of piperidine rings is 1. The summed E-state index contributed by atoms with van der Waals surface area (Å²) < 4.78 is 37.6. The maximum atomic E-state index is 15.3. The van der Waals surface area contributed by atoms with Gasteiger partial charge in [0.1, 0.15) is 11.4 Å². The fourth-order valence-electron chi connectivity index (χ4n) is 6.08. The predicted molar refractivity (Wildman–Crippen MR) is 143 cm³/mol. The van der Waals surface area contributed by atoms with Crippen LogP contribution >= 0.6 is 0 Å². The SMILES string of the molecule is CC(C)Oc1cc(F)c(Nc2ncc(F)c(NC3CC4CCCN4C(C)(C)C3)n2)cc1-n1nnnc1C1CC1. The van der Waals surface area contributed by atoms with Crippen LogP contribution in [0.4, 0.5) is 26.2 Å². The molecule has 0 radical (unpaired) electrons. The largest absolute Gasteiger partial charge is 0.489 e. The number of nitrogens with one attached hydrogen (secondary N) is 2. The molecule has 10 nitrogen and oxygen atoms in total. The lowest BCUT2D eigenvalue weighted by atomic mass is 9.84. The maximum absolute atomic E-state index is 15.3. The molecule has 6 rings (SSSR count). The van der Waals surface area contributed by atoms with Crippen molar-refractivity contribution >= 4 is 17.5 Å². The van der Waals surface area contributed by atoms with Gasteiger partial charge in [0.2, 0.25) is 5.95 Å². The lowest BCUT2D eigenvalue weighted by Gasteiger charge is -2.47. The lowest BCUT2D eigenvalue weighted by molar-refractivity contribution is 0.0500. The van der Waals surface area contributed by atoms with Crippen LogP contribution in [0.1, 0.15) is 78.0 Å². The van der Waals surface area contributed by atoms with Gasteiger partial charge < -0.3 is 15.4 Å². The first-order chi connectivity index (χ1) is 18.7. The Morgan fingerprint density at radius 3 is 2.72 bits per heavy atom. The van der Waals surface area contributed by atoms with E-state index in [1.54, 1.807) is 10.7 Å². The predicted octanol–water partition coefficient (Wildman–Crippen LogP) is 4.96. The molecule has 2 atom stereocenters. The highest BCUT2D eigenvalue weighted by Gasteiger charge is 2.43. The number of halogens is 2. The molecule has 3 aliphatic rings. The van der Waals surface area contributed by atoms with Crippen molar-refractivity contribution in [2.75, 3.05) is 17.2 Å². The molecule has 39 heavy (non-hydrogen) atoms. The van der Waals surface area contributed by atoms with Gasteiger partial charge in [-0.15, -0.1) is 5.10 Å². The summed E-state index contributed by atoms with van der Waals surface area (Å²) in [5.41, 5.74) is 0.637. The number of nitrogens with zero attached hydrogens (tertiary/aromatic N) is 7. The van der Waals surface area contributed by atoms with Gasteiger partial charge in [-0.3, -0.25) is 4.90 Å². The zero-order valence-electron chi connectivity index (χ0n) is 22.8. The molecule has 2 aliphatic heterocycles. The summed E-state index contributed by atoms with van der Waals surface area (Å²) in [6, 6.07) is 3.44. The summed E-state index contributed by atoms with van der Waals surface area (Å²) in [5, 5.41) is 18.4. The topological polar surface area (TPSA) is 106 Å². The molecule has 0 spiro atoms. The zero-order valence-corrected chi connectivity index (χ0v) is 22.8. The van der Waals surface area contributed by atoms with Crippen molar-refractivity contribution in [3.05, 3.63) is 35.8 Å². The fraction of sp³-hybridized carbons (Fsp3) is 0.593. The van der Waals surface area contributed by atoms with Gasteiger partial charge in [-0.05, 0) is 89.3 Å². The van der Waals surface area contributed by atoms with Crippen molar-refractivity contribution in [2.24, 2.45) is 0 Å². The highest BCUT2D eigenvalue weighted by molar-refractivity contribution is 5.64. The summed E-state index contributed by atoms with van der Waals surface area (Å²) in [6.45, 7) is 9.34. The van der Waals surface area contributed by atoms with Crippen LogP contribution in [-0.4, -0.2) is 65.3 Å². The standard InChI is InChI=1S/C27H35F2N9O/c1-15(2)39-23-11-19(28)21(12-22(23)38-25(16-7-8-16)34-35-36-38)32-26-30-14-20(29)24(33-26)31-17-10-18-6-5-9-37(18)27(3,4)13-17/h11-12,14-18H,5-10,13H2,1-4H3,(H2,30,31,32,33). The number of hydrogen-bond acceptors (Lipinski definition) is 9. The minimum Gasteiger partial charge on any atom is -0.489 e. The highest BCUT2D eigenvalue weighted by Crippen LogP contribution is 2.41. The lowest BCUT2D eigenvalue weighted by Crippen LogP contribution is -2.55. The van der Waals surface area contributed by atoms with Crippen LogP contribution < -0.4 is 15.4 Å². The normalized spacial score (nSPS) is 22.6. The zero-order chi connectivity index (χ0) is 27.3. The number of anilines is 3. The summed E-state index contributed by atoms with van der Waals surface area (Å²) in [7, 11) is 0. The Balaban J connectivity index is 1.27. The molecule has 3 aromatic rings. The average Bonchev–Trinajstić information content (AvgIpc) is 3.38. The molecule has 0 bridgehead atoms. The first-order valence-corrected chi connectivity index (χ1v) is 13.8. The van der Waals surface area contributed by atoms with Crippen molar-refractivity contribution in [2.45, 2.75) is 95.9 Å². The van der Waals surface area contributed by atoms with Crippen molar-refractivity contribution in [3.63, 3.8) is 0 Å². The number of tetrazole rings is 1. The Morgan fingerprint density at radius 1 is 1.13 bits per heavy atom. The summed E-state index contributed by atoms with van der Waals surface area (Å²) in [4.78, 5) is 11.0. The van der Waals surface area contributed by atoms with Crippen molar-refractivity contribution in [1.82, 2.24) is 35.1 Å². The smallest absolute Gasteiger partial charge is 0.229 e. The van der Waals surface area contributed by atoms with Crippen LogP contribution in [0.25, 0.3) is 5.69 Å². The first kappa shape index (κ1) is 25.8. The number of fused-ring (bicyclic) bond motifs is 1. The molecule has 2 aromatic heterocycles. The Kier molecular flexibility index (Phi) is 6.60. The fourth-order valence-corrected chi connectivity index (χ4v) is 6.08. The molecule has 0 amide bonds. The molecule has 1 aliphatic carbocycles. The Morgan fingerprint density at radius 2 is 1.95 bits per heavy atom. The summed E-state index contributed by atoms with van der Waals surface area (Å²) >= 11 is 0. The van der Waals surface area contributed by atoms with Crippen LogP contribution in [0.2, 0.25) is 0 Å². The van der Waals surface area contributed by atoms with E-state index < -0.39 is 11.6 Å². The second kappa shape index (κ2) is 9.96. The van der Waals surface area contributed by atoms with Crippen LogP contribution in [0.3, 0.4) is 0 Å². The number of aromatic nitrogens is 6. The minimum absolute atomic E-state index is 0.0243. The van der Waals surface area contributed by atoms with E-state index in [0.29, 0.717) is 23.3 Å². The van der Waals surface area contributed by atoms with Gasteiger partial charge in [-0.25, -0.2) is 13.8 Å². The van der Waals surface area contributed by atoms with E-state index in [-0.39, 0.29) is 41.1 Å². The second-order valence-electron chi connectivity index (χ2n) is 11.8. The molecule has 1 saturated carbocycles. The van der Waals surface area contributed by atoms with Gasteiger partial charge in [-0.1, -0.05) is 0 Å². The van der Waals surface area contributed by atoms with E-state index >= 15 is 4.39 Å². The van der Waals surface area contributed by atoms with Gasteiger partial charge in [0, 0.05) is 29.6 Å². The molecule has 2 N–H and O–H groups in total. The van der Waals surface area contributed by atoms with E-state index in [9.17, 15) is 4.39 Å². The van der Waals surface area contributed by atoms with Crippen molar-refractivity contribution in [1.29, 1.82) is 0 Å². The van der Waals surface area contributed by atoms with Crippen LogP contribution in [0.15, 0.2) is 18.3 Å². The number of rotatable bonds is 8. The molecular formula is C27H35F2N9O. The first-order valence-electron chi connectivity index (χ1n) is 13.8. The third-order valence-electron chi connectivity index (χ3n) is 7.86. The molecule has 2 saturated heterocycles. The van der Waals surface area contributed by atoms with Gasteiger partial charge in [0.25, 0.3) is 0 Å². The van der Waals surface area contributed by atoms with Crippen LogP contribution in [0, 0.1) is 11.6 Å². The molecule has 1 aromatic carbocycles. The monoisotopic (exact) mass is 539 g/mol. The van der Waals surface area contributed by atoms with E-state index in [4.69, 9.17) is 4.74 Å². The molecular weight excluding hydrogens is 504 g/mol. The van der Waals surface area contributed by atoms with Crippen molar-refractivity contribution < 1.29 is 13.5 Å². The second-order valence-corrected chi connectivity index (χ2v) is 11.8. The Bertz CT molecular complexity index is 1360. The maximum Gasteiger partial charge on any atom is 0.229 e. The summed E-state index contributed by atoms with van der Waals surface area (Å²) in [6.07, 6.45) is 7.08. The molecule has 208 valence electrons.